The molecule has 0 spiro atoms. The van der Waals surface area contributed by atoms with Crippen molar-refractivity contribution in [2.45, 2.75) is 30.8 Å². The van der Waals surface area contributed by atoms with E-state index in [1.165, 1.54) is 19.9 Å². The van der Waals surface area contributed by atoms with Crippen molar-refractivity contribution in [1.29, 1.82) is 0 Å². The Morgan fingerprint density at radius 3 is 2.22 bits per heavy atom. The van der Waals surface area contributed by atoms with E-state index in [1.54, 1.807) is 0 Å². The van der Waals surface area contributed by atoms with Gasteiger partial charge in [0.2, 0.25) is 11.8 Å². The van der Waals surface area contributed by atoms with Gasteiger partial charge >= 0.3 is 6.18 Å². The summed E-state index contributed by atoms with van der Waals surface area (Å²) >= 11 is 11.7. The van der Waals surface area contributed by atoms with Gasteiger partial charge in [0.15, 0.2) is 0 Å². The van der Waals surface area contributed by atoms with Gasteiger partial charge in [-0.15, -0.1) is 23.2 Å². The molecule has 1 atom stereocenters. The van der Waals surface area contributed by atoms with Gasteiger partial charge in [0.05, 0.1) is 16.7 Å². The molecule has 0 aliphatic heterocycles. The number of amides is 2. The lowest BCUT2D eigenvalue weighted by molar-refractivity contribution is -0.137. The predicted molar refractivity (Wildman–Crippen MR) is 81.5 cm³/mol. The van der Waals surface area contributed by atoms with Gasteiger partial charge in [-0.05, 0) is 31.5 Å². The van der Waals surface area contributed by atoms with Crippen LogP contribution in [-0.4, -0.2) is 16.1 Å². The molecule has 1 unspecified atom stereocenters. The monoisotopic (exact) mass is 368 g/mol. The van der Waals surface area contributed by atoms with Crippen LogP contribution in [0.1, 0.15) is 25.8 Å². The number of benzene rings is 1. The molecule has 1 saturated carbocycles. The van der Waals surface area contributed by atoms with Gasteiger partial charge in [0.1, 0.15) is 4.33 Å². The van der Waals surface area contributed by atoms with E-state index in [0.717, 1.165) is 12.1 Å². The molecule has 0 heterocycles. The molecule has 23 heavy (non-hydrogen) atoms. The van der Waals surface area contributed by atoms with Crippen LogP contribution in [0.5, 0.6) is 0 Å². The van der Waals surface area contributed by atoms with Gasteiger partial charge < -0.3 is 10.6 Å². The summed E-state index contributed by atoms with van der Waals surface area (Å²) in [4.78, 5) is 23.1. The van der Waals surface area contributed by atoms with Gasteiger partial charge in [-0.2, -0.15) is 13.2 Å². The maximum Gasteiger partial charge on any atom is 0.418 e. The summed E-state index contributed by atoms with van der Waals surface area (Å²) < 4.78 is 38.2. The third kappa shape index (κ3) is 3.55. The topological polar surface area (TPSA) is 58.2 Å². The number of carbonyl (C=O) groups excluding carboxylic acids is 2. The number of nitrogens with one attached hydrogen (secondary N) is 2. The fourth-order valence-electron chi connectivity index (χ4n) is 2.08. The van der Waals surface area contributed by atoms with Crippen molar-refractivity contribution in [2.24, 2.45) is 5.41 Å². The quantitative estimate of drug-likeness (QED) is 0.786. The summed E-state index contributed by atoms with van der Waals surface area (Å²) in [6, 6.07) is 3.08. The zero-order valence-corrected chi connectivity index (χ0v) is 13.7. The summed E-state index contributed by atoms with van der Waals surface area (Å²) in [6.07, 6.45) is -4.55. The van der Waals surface area contributed by atoms with Gasteiger partial charge in [0.25, 0.3) is 0 Å². The zero-order valence-electron chi connectivity index (χ0n) is 12.1. The van der Waals surface area contributed by atoms with Crippen LogP contribution in [0.2, 0.25) is 0 Å². The molecular formula is C14H13Cl2F3N2O2. The van der Waals surface area contributed by atoms with Crippen LogP contribution < -0.4 is 10.6 Å². The van der Waals surface area contributed by atoms with Gasteiger partial charge in [-0.25, -0.2) is 0 Å². The number of hydrogen-bond donors (Lipinski definition) is 2. The molecule has 1 aliphatic carbocycles. The number of rotatable bonds is 3. The number of anilines is 2. The maximum absolute atomic E-state index is 13.2. The Kier molecular flexibility index (Phi) is 4.32. The molecule has 2 rings (SSSR count). The van der Waals surface area contributed by atoms with Crippen molar-refractivity contribution in [1.82, 2.24) is 0 Å². The number of hydrogen-bond acceptors (Lipinski definition) is 2. The molecule has 4 nitrogen and oxygen atoms in total. The highest BCUT2D eigenvalue weighted by Gasteiger charge is 2.68. The number of alkyl halides is 5. The van der Waals surface area contributed by atoms with E-state index in [4.69, 9.17) is 23.2 Å². The molecule has 9 heteroatoms. The maximum atomic E-state index is 13.2. The van der Waals surface area contributed by atoms with Crippen LogP contribution in [0, 0.1) is 5.41 Å². The van der Waals surface area contributed by atoms with E-state index >= 15 is 0 Å². The molecule has 2 N–H and O–H groups in total. The normalized spacial score (nSPS) is 22.4. The molecule has 0 saturated heterocycles. The molecule has 126 valence electrons. The lowest BCUT2D eigenvalue weighted by atomic mass is 10.1. The van der Waals surface area contributed by atoms with Crippen molar-refractivity contribution < 1.29 is 22.8 Å². The Morgan fingerprint density at radius 2 is 1.78 bits per heavy atom. The lowest BCUT2D eigenvalue weighted by Crippen LogP contribution is -2.27. The number of halogens is 5. The largest absolute Gasteiger partial charge is 0.418 e. The Morgan fingerprint density at radius 1 is 1.22 bits per heavy atom. The first-order valence-electron chi connectivity index (χ1n) is 6.55. The third-order valence-corrected chi connectivity index (χ3v) is 4.75. The first-order chi connectivity index (χ1) is 10.4. The second-order valence-corrected chi connectivity index (χ2v) is 7.09. The average molecular weight is 369 g/mol. The first kappa shape index (κ1) is 17.9. The highest BCUT2D eigenvalue weighted by atomic mass is 35.5. The summed E-state index contributed by atoms with van der Waals surface area (Å²) in [5.41, 5.74) is -2.66. The standard InChI is InChI=1S/C14H13Cl2F3N2O2/c1-7(22)20-8-3-4-10(9(5-8)14(17,18)19)21-11(23)12(2)6-13(12,15)16/h3-5H,6H2,1-2H3,(H,20,22)(H,21,23). The van der Waals surface area contributed by atoms with Crippen LogP contribution in [0.3, 0.4) is 0 Å². The first-order valence-corrected chi connectivity index (χ1v) is 7.30. The van der Waals surface area contributed by atoms with E-state index in [0.29, 0.717) is 0 Å². The lowest BCUT2D eigenvalue weighted by Gasteiger charge is -2.18. The highest BCUT2D eigenvalue weighted by Crippen LogP contribution is 2.64. The second kappa shape index (κ2) is 5.56. The fourth-order valence-corrected chi connectivity index (χ4v) is 2.78. The van der Waals surface area contributed by atoms with Crippen LogP contribution in [0.15, 0.2) is 18.2 Å². The summed E-state index contributed by atoms with van der Waals surface area (Å²) in [7, 11) is 0. The van der Waals surface area contributed by atoms with E-state index in [9.17, 15) is 22.8 Å². The Hall–Kier alpha value is -1.47. The molecule has 0 radical (unpaired) electrons. The van der Waals surface area contributed by atoms with E-state index < -0.39 is 39.0 Å². The van der Waals surface area contributed by atoms with E-state index in [2.05, 4.69) is 10.6 Å². The van der Waals surface area contributed by atoms with Gasteiger partial charge in [-0.3, -0.25) is 9.59 Å². The van der Waals surface area contributed by atoms with Gasteiger partial charge in [0, 0.05) is 12.6 Å². The molecule has 1 aromatic rings. The Bertz CT molecular complexity index is 676. The van der Waals surface area contributed by atoms with Crippen molar-refractivity contribution in [2.75, 3.05) is 10.6 Å². The van der Waals surface area contributed by atoms with Crippen LogP contribution >= 0.6 is 23.2 Å². The summed E-state index contributed by atoms with van der Waals surface area (Å²) in [6.45, 7) is 2.65. The molecule has 0 bridgehead atoms. The molecule has 1 fully saturated rings. The Labute approximate surface area is 140 Å². The van der Waals surface area contributed by atoms with Crippen molar-refractivity contribution in [3.05, 3.63) is 23.8 Å². The van der Waals surface area contributed by atoms with Crippen molar-refractivity contribution in [3.63, 3.8) is 0 Å². The van der Waals surface area contributed by atoms with E-state index in [-0.39, 0.29) is 12.1 Å². The van der Waals surface area contributed by atoms with Crippen LogP contribution in [0.4, 0.5) is 24.5 Å². The summed E-state index contributed by atoms with van der Waals surface area (Å²) in [5.74, 6) is -1.20. The predicted octanol–water partition coefficient (Wildman–Crippen LogP) is 4.19. The van der Waals surface area contributed by atoms with Crippen LogP contribution in [-0.2, 0) is 15.8 Å². The summed E-state index contributed by atoms with van der Waals surface area (Å²) in [5, 5.41) is 4.47. The minimum absolute atomic E-state index is 0.0236. The minimum atomic E-state index is -4.71. The fraction of sp³-hybridized carbons (Fsp3) is 0.429. The Balaban J connectivity index is 2.31. The average Bonchev–Trinajstić information content (AvgIpc) is 2.90. The molecule has 2 amide bonds. The zero-order chi connectivity index (χ0) is 17.6. The SMILES string of the molecule is CC(=O)Nc1ccc(NC(=O)C2(C)CC2(Cl)Cl)c(C(F)(F)F)c1. The number of carbonyl (C=O) groups is 2. The third-order valence-electron chi connectivity index (χ3n) is 3.65. The molecule has 1 aromatic carbocycles. The second-order valence-electron chi connectivity index (χ2n) is 5.61. The minimum Gasteiger partial charge on any atom is -0.326 e. The van der Waals surface area contributed by atoms with E-state index in [1.807, 2.05) is 0 Å². The van der Waals surface area contributed by atoms with Crippen molar-refractivity contribution >= 4 is 46.4 Å². The molecule has 0 aromatic heterocycles. The van der Waals surface area contributed by atoms with Crippen molar-refractivity contribution in [3.8, 4) is 0 Å². The van der Waals surface area contributed by atoms with Crippen LogP contribution in [0.25, 0.3) is 0 Å². The van der Waals surface area contributed by atoms with Gasteiger partial charge in [-0.1, -0.05) is 0 Å². The highest BCUT2D eigenvalue weighted by molar-refractivity contribution is 6.53. The molecule has 1 aliphatic rings. The molecular weight excluding hydrogens is 356 g/mol. The smallest absolute Gasteiger partial charge is 0.326 e.